The summed E-state index contributed by atoms with van der Waals surface area (Å²) in [4.78, 5) is 13.8. The van der Waals surface area contributed by atoms with Crippen molar-refractivity contribution < 1.29 is 13.2 Å². The van der Waals surface area contributed by atoms with E-state index in [-0.39, 0.29) is 14.9 Å². The summed E-state index contributed by atoms with van der Waals surface area (Å²) >= 11 is 11.7. The molecule has 0 fully saturated rings. The molecular formula is C15H14Cl2N2O3S. The van der Waals surface area contributed by atoms with Crippen molar-refractivity contribution in [3.63, 3.8) is 0 Å². The second kappa shape index (κ2) is 7.31. The number of hydrogen-bond donors (Lipinski definition) is 2. The van der Waals surface area contributed by atoms with Gasteiger partial charge in [-0.05, 0) is 36.2 Å². The minimum absolute atomic E-state index is 0.107. The molecule has 0 unspecified atom stereocenters. The summed E-state index contributed by atoms with van der Waals surface area (Å²) in [6.07, 6.45) is 0.849. The molecule has 2 aromatic carbocycles. The van der Waals surface area contributed by atoms with Gasteiger partial charge in [-0.15, -0.1) is 4.83 Å². The minimum Gasteiger partial charge on any atom is -0.273 e. The van der Waals surface area contributed by atoms with Crippen LogP contribution in [0, 0.1) is 0 Å². The molecule has 2 N–H and O–H groups in total. The zero-order valence-corrected chi connectivity index (χ0v) is 14.5. The second-order valence-corrected chi connectivity index (χ2v) is 7.10. The van der Waals surface area contributed by atoms with Gasteiger partial charge in [-0.2, -0.15) is 0 Å². The lowest BCUT2D eigenvalue weighted by molar-refractivity contribution is 0.0945. The lowest BCUT2D eigenvalue weighted by Crippen LogP contribution is -2.41. The van der Waals surface area contributed by atoms with Crippen molar-refractivity contribution in [1.29, 1.82) is 0 Å². The van der Waals surface area contributed by atoms with E-state index in [1.807, 2.05) is 11.8 Å². The van der Waals surface area contributed by atoms with Gasteiger partial charge in [0.1, 0.15) is 4.90 Å². The third-order valence-electron chi connectivity index (χ3n) is 3.13. The highest BCUT2D eigenvalue weighted by Crippen LogP contribution is 2.28. The van der Waals surface area contributed by atoms with Crippen molar-refractivity contribution >= 4 is 39.1 Å². The van der Waals surface area contributed by atoms with Crippen molar-refractivity contribution in [3.05, 3.63) is 63.6 Å². The topological polar surface area (TPSA) is 75.3 Å². The molecule has 23 heavy (non-hydrogen) atoms. The Morgan fingerprint density at radius 1 is 1.09 bits per heavy atom. The van der Waals surface area contributed by atoms with Crippen LogP contribution in [0.15, 0.2) is 47.4 Å². The van der Waals surface area contributed by atoms with Gasteiger partial charge in [0.2, 0.25) is 0 Å². The Kier molecular flexibility index (Phi) is 5.64. The molecule has 0 saturated heterocycles. The fourth-order valence-electron chi connectivity index (χ4n) is 1.82. The van der Waals surface area contributed by atoms with E-state index in [0.717, 1.165) is 12.0 Å². The van der Waals surface area contributed by atoms with Crippen molar-refractivity contribution in [2.24, 2.45) is 0 Å². The van der Waals surface area contributed by atoms with Crippen LogP contribution in [-0.2, 0) is 16.4 Å². The van der Waals surface area contributed by atoms with Gasteiger partial charge in [0.05, 0.1) is 10.0 Å². The summed E-state index contributed by atoms with van der Waals surface area (Å²) in [5, 5.41) is -0.000707. The Hall–Kier alpha value is -1.60. The summed E-state index contributed by atoms with van der Waals surface area (Å²) in [7, 11) is -4.03. The first kappa shape index (κ1) is 17.7. The number of benzene rings is 2. The lowest BCUT2D eigenvalue weighted by Gasteiger charge is -2.10. The van der Waals surface area contributed by atoms with Crippen molar-refractivity contribution in [3.8, 4) is 0 Å². The van der Waals surface area contributed by atoms with Crippen LogP contribution in [0.1, 0.15) is 22.8 Å². The van der Waals surface area contributed by atoms with E-state index < -0.39 is 15.9 Å². The number of rotatable bonds is 5. The van der Waals surface area contributed by atoms with Crippen molar-refractivity contribution in [1.82, 2.24) is 10.3 Å². The standard InChI is InChI=1S/C15H14Cl2N2O3S/c1-2-10-6-8-11(9-7-10)15(20)18-19-23(21,22)13-5-3-4-12(16)14(13)17/h3-9,19H,2H2,1H3,(H,18,20). The third kappa shape index (κ3) is 4.23. The Morgan fingerprint density at radius 2 is 1.74 bits per heavy atom. The molecule has 0 aliphatic heterocycles. The predicted molar refractivity (Wildman–Crippen MR) is 90.1 cm³/mol. The first-order valence-corrected chi connectivity index (χ1v) is 8.94. The van der Waals surface area contributed by atoms with Crippen molar-refractivity contribution in [2.75, 3.05) is 0 Å². The fourth-order valence-corrected chi connectivity index (χ4v) is 3.43. The normalized spacial score (nSPS) is 11.3. The molecule has 2 rings (SSSR count). The Balaban J connectivity index is 2.12. The zero-order valence-electron chi connectivity index (χ0n) is 12.1. The molecule has 2 aromatic rings. The number of hydrazine groups is 1. The molecule has 0 radical (unpaired) electrons. The maximum atomic E-state index is 12.2. The van der Waals surface area contributed by atoms with E-state index in [1.54, 1.807) is 24.3 Å². The maximum absolute atomic E-state index is 12.2. The maximum Gasteiger partial charge on any atom is 0.266 e. The Morgan fingerprint density at radius 3 is 2.35 bits per heavy atom. The van der Waals surface area contributed by atoms with Crippen LogP contribution < -0.4 is 10.3 Å². The molecule has 1 amide bonds. The van der Waals surface area contributed by atoms with Gasteiger partial charge in [0, 0.05) is 5.56 Å². The summed E-state index contributed by atoms with van der Waals surface area (Å²) in [5.74, 6) is -0.575. The van der Waals surface area contributed by atoms with E-state index >= 15 is 0 Å². The smallest absolute Gasteiger partial charge is 0.266 e. The van der Waals surface area contributed by atoms with E-state index in [9.17, 15) is 13.2 Å². The van der Waals surface area contributed by atoms with Gasteiger partial charge < -0.3 is 0 Å². The quantitative estimate of drug-likeness (QED) is 0.791. The summed E-state index contributed by atoms with van der Waals surface area (Å²) in [6.45, 7) is 2.00. The highest BCUT2D eigenvalue weighted by atomic mass is 35.5. The molecule has 0 aliphatic carbocycles. The highest BCUT2D eigenvalue weighted by Gasteiger charge is 2.20. The van der Waals surface area contributed by atoms with Crippen molar-refractivity contribution in [2.45, 2.75) is 18.2 Å². The molecule has 0 spiro atoms. The first-order chi connectivity index (χ1) is 10.8. The minimum atomic E-state index is -4.03. The van der Waals surface area contributed by atoms with E-state index in [2.05, 4.69) is 5.43 Å². The number of aryl methyl sites for hydroxylation is 1. The van der Waals surface area contributed by atoms with Gasteiger partial charge in [0.25, 0.3) is 15.9 Å². The monoisotopic (exact) mass is 372 g/mol. The van der Waals surface area contributed by atoms with E-state index in [1.165, 1.54) is 18.2 Å². The number of sulfonamides is 1. The summed E-state index contributed by atoms with van der Waals surface area (Å²) in [5.41, 5.74) is 3.56. The fraction of sp³-hybridized carbons (Fsp3) is 0.133. The summed E-state index contributed by atoms with van der Waals surface area (Å²) < 4.78 is 24.3. The highest BCUT2D eigenvalue weighted by molar-refractivity contribution is 7.89. The SMILES string of the molecule is CCc1ccc(C(=O)NNS(=O)(=O)c2cccc(Cl)c2Cl)cc1. The van der Waals surface area contributed by atoms with Crippen LogP contribution in [0.5, 0.6) is 0 Å². The number of halogens is 2. The van der Waals surface area contributed by atoms with Crippen LogP contribution >= 0.6 is 23.2 Å². The Bertz CT molecular complexity index is 821. The van der Waals surface area contributed by atoms with Gasteiger partial charge >= 0.3 is 0 Å². The van der Waals surface area contributed by atoms with Gasteiger partial charge in [0.15, 0.2) is 0 Å². The number of carbonyl (C=O) groups excluding carboxylic acids is 1. The van der Waals surface area contributed by atoms with Gasteiger partial charge in [-0.1, -0.05) is 48.3 Å². The second-order valence-electron chi connectivity index (χ2n) is 4.66. The molecule has 0 saturated carbocycles. The summed E-state index contributed by atoms with van der Waals surface area (Å²) in [6, 6.07) is 11.1. The molecule has 8 heteroatoms. The van der Waals surface area contributed by atoms with E-state index in [0.29, 0.717) is 5.56 Å². The average molecular weight is 373 g/mol. The zero-order chi connectivity index (χ0) is 17.0. The molecule has 5 nitrogen and oxygen atoms in total. The molecule has 122 valence electrons. The molecule has 0 heterocycles. The number of nitrogens with one attached hydrogen (secondary N) is 2. The number of carbonyl (C=O) groups is 1. The van der Waals surface area contributed by atoms with Crippen LogP contribution in [0.2, 0.25) is 10.0 Å². The molecular weight excluding hydrogens is 359 g/mol. The molecule has 0 bridgehead atoms. The number of hydrogen-bond acceptors (Lipinski definition) is 3. The third-order valence-corrected chi connectivity index (χ3v) is 5.35. The average Bonchev–Trinajstić information content (AvgIpc) is 2.55. The Labute approximate surface area is 144 Å². The molecule has 0 aliphatic rings. The van der Waals surface area contributed by atoms with Gasteiger partial charge in [-0.3, -0.25) is 10.2 Å². The van der Waals surface area contributed by atoms with Crippen LogP contribution in [0.4, 0.5) is 0 Å². The van der Waals surface area contributed by atoms with Crippen LogP contribution in [0.25, 0.3) is 0 Å². The lowest BCUT2D eigenvalue weighted by atomic mass is 10.1. The molecule has 0 aromatic heterocycles. The predicted octanol–water partition coefficient (Wildman–Crippen LogP) is 3.18. The van der Waals surface area contributed by atoms with Gasteiger partial charge in [-0.25, -0.2) is 8.42 Å². The number of amides is 1. The first-order valence-electron chi connectivity index (χ1n) is 6.70. The van der Waals surface area contributed by atoms with Crippen LogP contribution in [-0.4, -0.2) is 14.3 Å². The van der Waals surface area contributed by atoms with Crippen LogP contribution in [0.3, 0.4) is 0 Å². The van der Waals surface area contributed by atoms with E-state index in [4.69, 9.17) is 23.2 Å². The molecule has 0 atom stereocenters. The largest absolute Gasteiger partial charge is 0.273 e.